The van der Waals surface area contributed by atoms with Gasteiger partial charge in [-0.1, -0.05) is 37.3 Å². The van der Waals surface area contributed by atoms with E-state index in [1.54, 1.807) is 0 Å². The molecule has 3 N–H and O–H groups in total. The summed E-state index contributed by atoms with van der Waals surface area (Å²) in [6.07, 6.45) is 3.54. The fourth-order valence-corrected chi connectivity index (χ4v) is 3.27. The topological polar surface area (TPSA) is 81.7 Å². The molecule has 0 aliphatic carbocycles. The van der Waals surface area contributed by atoms with Crippen molar-refractivity contribution < 1.29 is 14.7 Å². The van der Waals surface area contributed by atoms with E-state index in [4.69, 9.17) is 5.11 Å². The molecule has 1 atom stereocenters. The lowest BCUT2D eigenvalue weighted by molar-refractivity contribution is -0.137. The van der Waals surface area contributed by atoms with Crippen LogP contribution >= 0.6 is 0 Å². The first-order valence-corrected chi connectivity index (χ1v) is 9.55. The van der Waals surface area contributed by atoms with E-state index in [1.165, 1.54) is 12.8 Å². The van der Waals surface area contributed by atoms with Gasteiger partial charge in [0.2, 0.25) is 0 Å². The number of amides is 2. The molecule has 0 spiro atoms. The van der Waals surface area contributed by atoms with E-state index >= 15 is 0 Å². The number of hydrogen-bond acceptors (Lipinski definition) is 3. The van der Waals surface area contributed by atoms with Crippen LogP contribution in [0, 0.1) is 5.92 Å². The molecule has 1 aliphatic rings. The van der Waals surface area contributed by atoms with Crippen molar-refractivity contribution >= 4 is 12.0 Å². The average molecular weight is 361 g/mol. The standard InChI is InChI=1S/C20H31N3O3/c1-16-9-12-23(13-10-16)14-11-21-20(26)22-18(7-8-19(24)25)15-17-5-3-2-4-6-17/h2-6,16,18H,7-15H2,1H3,(H,24,25)(H2,21,22,26). The predicted octanol–water partition coefficient (Wildman–Crippen LogP) is 2.49. The average Bonchev–Trinajstić information content (AvgIpc) is 2.62. The van der Waals surface area contributed by atoms with Gasteiger partial charge in [0.25, 0.3) is 0 Å². The van der Waals surface area contributed by atoms with Gasteiger partial charge in [0.15, 0.2) is 0 Å². The second-order valence-electron chi connectivity index (χ2n) is 7.24. The Bertz CT molecular complexity index is 557. The summed E-state index contributed by atoms with van der Waals surface area (Å²) in [7, 11) is 0. The number of hydrogen-bond donors (Lipinski definition) is 3. The molecular formula is C20H31N3O3. The summed E-state index contributed by atoms with van der Waals surface area (Å²) in [6, 6.07) is 9.41. The van der Waals surface area contributed by atoms with Crippen LogP contribution in [0.4, 0.5) is 4.79 Å². The van der Waals surface area contributed by atoms with Gasteiger partial charge < -0.3 is 20.6 Å². The number of benzene rings is 1. The zero-order valence-electron chi connectivity index (χ0n) is 15.6. The molecule has 1 aromatic rings. The quantitative estimate of drug-likeness (QED) is 0.631. The number of rotatable bonds is 9. The lowest BCUT2D eigenvalue weighted by Crippen LogP contribution is -2.46. The Kier molecular flexibility index (Phi) is 8.41. The minimum Gasteiger partial charge on any atom is -0.481 e. The first kappa shape index (κ1) is 20.2. The molecule has 2 rings (SSSR count). The minimum absolute atomic E-state index is 0.0454. The molecule has 1 heterocycles. The van der Waals surface area contributed by atoms with E-state index in [0.717, 1.165) is 31.1 Å². The van der Waals surface area contributed by atoms with Crippen LogP contribution in [-0.2, 0) is 11.2 Å². The van der Waals surface area contributed by atoms with Gasteiger partial charge in [-0.25, -0.2) is 4.79 Å². The highest BCUT2D eigenvalue weighted by molar-refractivity contribution is 5.74. The van der Waals surface area contributed by atoms with Gasteiger partial charge in [0, 0.05) is 25.6 Å². The maximum Gasteiger partial charge on any atom is 0.315 e. The number of urea groups is 1. The van der Waals surface area contributed by atoms with Crippen LogP contribution in [0.1, 0.15) is 38.2 Å². The molecular weight excluding hydrogens is 330 g/mol. The first-order valence-electron chi connectivity index (χ1n) is 9.55. The summed E-state index contributed by atoms with van der Waals surface area (Å²) in [5.41, 5.74) is 1.09. The molecule has 1 unspecified atom stereocenters. The Morgan fingerprint density at radius 3 is 2.58 bits per heavy atom. The molecule has 1 aliphatic heterocycles. The van der Waals surface area contributed by atoms with Crippen LogP contribution in [0.3, 0.4) is 0 Å². The van der Waals surface area contributed by atoms with Crippen LogP contribution in [0.5, 0.6) is 0 Å². The maximum absolute atomic E-state index is 12.2. The van der Waals surface area contributed by atoms with Crippen LogP contribution < -0.4 is 10.6 Å². The Labute approximate surface area is 156 Å². The molecule has 0 aromatic heterocycles. The van der Waals surface area contributed by atoms with Gasteiger partial charge in [-0.2, -0.15) is 0 Å². The Morgan fingerprint density at radius 1 is 1.23 bits per heavy atom. The number of piperidine rings is 1. The monoisotopic (exact) mass is 361 g/mol. The Morgan fingerprint density at radius 2 is 1.92 bits per heavy atom. The SMILES string of the molecule is CC1CCN(CCNC(=O)NC(CCC(=O)O)Cc2ccccc2)CC1. The van der Waals surface area contributed by atoms with Crippen molar-refractivity contribution in [2.24, 2.45) is 5.92 Å². The van der Waals surface area contributed by atoms with Gasteiger partial charge in [-0.3, -0.25) is 4.79 Å². The lowest BCUT2D eigenvalue weighted by atomic mass is 9.99. The number of nitrogens with zero attached hydrogens (tertiary/aromatic N) is 1. The van der Waals surface area contributed by atoms with Crippen LogP contribution in [-0.4, -0.2) is 54.2 Å². The van der Waals surface area contributed by atoms with E-state index in [9.17, 15) is 9.59 Å². The van der Waals surface area contributed by atoms with Crippen LogP contribution in [0.25, 0.3) is 0 Å². The van der Waals surface area contributed by atoms with Gasteiger partial charge in [0.1, 0.15) is 0 Å². The molecule has 6 heteroatoms. The number of carboxylic acids is 1. The van der Waals surface area contributed by atoms with Gasteiger partial charge in [-0.05, 0) is 50.3 Å². The molecule has 1 aromatic carbocycles. The number of likely N-dealkylation sites (tertiary alicyclic amines) is 1. The van der Waals surface area contributed by atoms with Crippen molar-refractivity contribution in [2.75, 3.05) is 26.2 Å². The molecule has 1 fully saturated rings. The maximum atomic E-state index is 12.2. The molecule has 0 radical (unpaired) electrons. The lowest BCUT2D eigenvalue weighted by Gasteiger charge is -2.30. The van der Waals surface area contributed by atoms with Crippen LogP contribution in [0.2, 0.25) is 0 Å². The summed E-state index contributed by atoms with van der Waals surface area (Å²) in [5.74, 6) is -0.0416. The van der Waals surface area contributed by atoms with E-state index in [-0.39, 0.29) is 18.5 Å². The molecule has 0 bridgehead atoms. The summed E-state index contributed by atoms with van der Waals surface area (Å²) >= 11 is 0. The Balaban J connectivity index is 1.74. The third kappa shape index (κ3) is 7.87. The van der Waals surface area contributed by atoms with Gasteiger partial charge in [0.05, 0.1) is 0 Å². The number of aliphatic carboxylic acids is 1. The second-order valence-corrected chi connectivity index (χ2v) is 7.24. The third-order valence-electron chi connectivity index (χ3n) is 4.96. The smallest absolute Gasteiger partial charge is 0.315 e. The fourth-order valence-electron chi connectivity index (χ4n) is 3.27. The van der Waals surface area contributed by atoms with E-state index < -0.39 is 5.97 Å². The summed E-state index contributed by atoms with van der Waals surface area (Å²) in [5, 5.41) is 14.8. The highest BCUT2D eigenvalue weighted by Crippen LogP contribution is 2.15. The highest BCUT2D eigenvalue weighted by Gasteiger charge is 2.17. The van der Waals surface area contributed by atoms with Gasteiger partial charge >= 0.3 is 12.0 Å². The highest BCUT2D eigenvalue weighted by atomic mass is 16.4. The van der Waals surface area contributed by atoms with E-state index in [1.807, 2.05) is 30.3 Å². The third-order valence-corrected chi connectivity index (χ3v) is 4.96. The number of nitrogens with one attached hydrogen (secondary N) is 2. The number of carbonyl (C=O) groups is 2. The second kappa shape index (κ2) is 10.8. The summed E-state index contributed by atoms with van der Waals surface area (Å²) < 4.78 is 0. The fraction of sp³-hybridized carbons (Fsp3) is 0.600. The molecule has 1 saturated heterocycles. The van der Waals surface area contributed by atoms with Crippen molar-refractivity contribution in [1.82, 2.24) is 15.5 Å². The van der Waals surface area contributed by atoms with Crippen molar-refractivity contribution in [3.05, 3.63) is 35.9 Å². The number of carboxylic acid groups (broad SMARTS) is 1. The predicted molar refractivity (Wildman–Crippen MR) is 102 cm³/mol. The Hall–Kier alpha value is -2.08. The summed E-state index contributed by atoms with van der Waals surface area (Å²) in [4.78, 5) is 25.5. The van der Waals surface area contributed by atoms with Gasteiger partial charge in [-0.15, -0.1) is 0 Å². The van der Waals surface area contributed by atoms with Crippen LogP contribution in [0.15, 0.2) is 30.3 Å². The minimum atomic E-state index is -0.843. The largest absolute Gasteiger partial charge is 0.481 e. The van der Waals surface area contributed by atoms with Crippen molar-refractivity contribution in [1.29, 1.82) is 0 Å². The number of carbonyl (C=O) groups excluding carboxylic acids is 1. The molecule has 6 nitrogen and oxygen atoms in total. The van der Waals surface area contributed by atoms with Crippen molar-refractivity contribution in [3.8, 4) is 0 Å². The summed E-state index contributed by atoms with van der Waals surface area (Å²) in [6.45, 7) is 5.95. The molecule has 26 heavy (non-hydrogen) atoms. The van der Waals surface area contributed by atoms with E-state index in [0.29, 0.717) is 19.4 Å². The molecule has 144 valence electrons. The van der Waals surface area contributed by atoms with E-state index in [2.05, 4.69) is 22.5 Å². The zero-order valence-corrected chi connectivity index (χ0v) is 15.6. The molecule has 0 saturated carbocycles. The van der Waals surface area contributed by atoms with Crippen molar-refractivity contribution in [2.45, 2.75) is 45.1 Å². The molecule has 2 amide bonds. The zero-order chi connectivity index (χ0) is 18.8. The van der Waals surface area contributed by atoms with Crippen molar-refractivity contribution in [3.63, 3.8) is 0 Å². The first-order chi connectivity index (χ1) is 12.5. The normalized spacial score (nSPS) is 16.8.